The minimum absolute atomic E-state index is 0.315. The van der Waals surface area contributed by atoms with Crippen molar-refractivity contribution in [2.45, 2.75) is 5.38 Å². The first-order valence-electron chi connectivity index (χ1n) is 5.03. The predicted molar refractivity (Wildman–Crippen MR) is 80.9 cm³/mol. The molecule has 5 heteroatoms. The maximum absolute atomic E-state index is 13.2. The molecule has 0 amide bonds. The maximum Gasteiger partial charge on any atom is 0.137 e. The van der Waals surface area contributed by atoms with E-state index in [1.165, 1.54) is 6.07 Å². The molecule has 0 aliphatic carbocycles. The summed E-state index contributed by atoms with van der Waals surface area (Å²) in [5.41, 5.74) is 1.58. The molecule has 18 heavy (non-hydrogen) atoms. The van der Waals surface area contributed by atoms with Gasteiger partial charge in [0.1, 0.15) is 5.82 Å². The molecule has 0 fully saturated rings. The third kappa shape index (κ3) is 3.08. The van der Waals surface area contributed by atoms with E-state index in [4.69, 9.17) is 23.2 Å². The molecule has 0 N–H and O–H groups in total. The van der Waals surface area contributed by atoms with Gasteiger partial charge in [0.05, 0.1) is 9.85 Å². The fourth-order valence-corrected chi connectivity index (χ4v) is 3.12. The molecule has 1 atom stereocenters. The van der Waals surface area contributed by atoms with E-state index < -0.39 is 5.38 Å². The summed E-state index contributed by atoms with van der Waals surface area (Å²) in [4.78, 5) is 0. The van der Waals surface area contributed by atoms with Gasteiger partial charge < -0.3 is 0 Å². The molecule has 94 valence electrons. The molecule has 0 saturated carbocycles. The number of hydrogen-bond acceptors (Lipinski definition) is 0. The van der Waals surface area contributed by atoms with Crippen LogP contribution in [0.5, 0.6) is 0 Å². The zero-order valence-corrected chi connectivity index (χ0v) is 13.6. The second kappa shape index (κ2) is 5.91. The number of alkyl halides is 1. The summed E-state index contributed by atoms with van der Waals surface area (Å²) in [6, 6.07) is 10.2. The average Bonchev–Trinajstić information content (AvgIpc) is 2.32. The normalized spacial score (nSPS) is 12.5. The number of hydrogen-bond donors (Lipinski definition) is 0. The average molecular weight is 413 g/mol. The van der Waals surface area contributed by atoms with E-state index in [-0.39, 0.29) is 5.82 Å². The Balaban J connectivity index is 2.41. The lowest BCUT2D eigenvalue weighted by Gasteiger charge is -2.13. The van der Waals surface area contributed by atoms with E-state index in [0.717, 1.165) is 15.6 Å². The molecule has 2 aromatic rings. The van der Waals surface area contributed by atoms with Crippen molar-refractivity contribution in [2.24, 2.45) is 0 Å². The van der Waals surface area contributed by atoms with Crippen LogP contribution in [-0.4, -0.2) is 0 Å². The summed E-state index contributed by atoms with van der Waals surface area (Å²) < 4.78 is 14.5. The standard InChI is InChI=1S/C13H7Br2Cl2F/c14-8-2-3-9(11(16)6-8)13(17)7-1-4-12(18)10(15)5-7/h1-6,13H. The SMILES string of the molecule is Fc1ccc(C(Cl)c2ccc(Br)cc2Cl)cc1Br. The lowest BCUT2D eigenvalue weighted by atomic mass is 10.0. The van der Waals surface area contributed by atoms with E-state index in [9.17, 15) is 4.39 Å². The van der Waals surface area contributed by atoms with Crippen LogP contribution in [0.4, 0.5) is 4.39 Å². The highest BCUT2D eigenvalue weighted by Gasteiger charge is 2.15. The van der Waals surface area contributed by atoms with Gasteiger partial charge in [0.2, 0.25) is 0 Å². The van der Waals surface area contributed by atoms with Crippen molar-refractivity contribution in [2.75, 3.05) is 0 Å². The first-order valence-corrected chi connectivity index (χ1v) is 7.43. The maximum atomic E-state index is 13.2. The highest BCUT2D eigenvalue weighted by Crippen LogP contribution is 2.36. The van der Waals surface area contributed by atoms with Crippen LogP contribution in [-0.2, 0) is 0 Å². The molecule has 0 aliphatic heterocycles. The molecule has 0 heterocycles. The summed E-state index contributed by atoms with van der Waals surface area (Å²) in [5, 5.41) is 0.160. The van der Waals surface area contributed by atoms with Crippen molar-refractivity contribution in [3.63, 3.8) is 0 Å². The van der Waals surface area contributed by atoms with Crippen LogP contribution in [0.2, 0.25) is 5.02 Å². The van der Waals surface area contributed by atoms with Gasteiger partial charge in [-0.15, -0.1) is 11.6 Å². The lowest BCUT2D eigenvalue weighted by Crippen LogP contribution is -1.95. The number of rotatable bonds is 2. The van der Waals surface area contributed by atoms with E-state index in [1.807, 2.05) is 12.1 Å². The highest BCUT2D eigenvalue weighted by atomic mass is 79.9. The van der Waals surface area contributed by atoms with Gasteiger partial charge in [-0.25, -0.2) is 4.39 Å². The van der Waals surface area contributed by atoms with E-state index in [1.54, 1.807) is 18.2 Å². The molecule has 0 saturated heterocycles. The number of benzene rings is 2. The Hall–Kier alpha value is -0.0900. The van der Waals surface area contributed by atoms with Gasteiger partial charge in [-0.3, -0.25) is 0 Å². The zero-order valence-electron chi connectivity index (χ0n) is 8.93. The minimum Gasteiger partial charge on any atom is -0.206 e. The lowest BCUT2D eigenvalue weighted by molar-refractivity contribution is 0.620. The van der Waals surface area contributed by atoms with Gasteiger partial charge in [-0.1, -0.05) is 39.7 Å². The van der Waals surface area contributed by atoms with Gasteiger partial charge in [-0.05, 0) is 51.3 Å². The molecule has 2 rings (SSSR count). The zero-order chi connectivity index (χ0) is 13.3. The molecular weight excluding hydrogens is 406 g/mol. The predicted octanol–water partition coefficient (Wildman–Crippen LogP) is 6.33. The molecule has 0 aliphatic rings. The summed E-state index contributed by atoms with van der Waals surface area (Å²) in [5.74, 6) is -0.315. The largest absolute Gasteiger partial charge is 0.206 e. The van der Waals surface area contributed by atoms with Crippen LogP contribution in [0, 0.1) is 5.82 Å². The van der Waals surface area contributed by atoms with Crippen molar-refractivity contribution >= 4 is 55.1 Å². The quantitative estimate of drug-likeness (QED) is 0.505. The van der Waals surface area contributed by atoms with Crippen molar-refractivity contribution in [1.29, 1.82) is 0 Å². The molecule has 2 aromatic carbocycles. The molecule has 0 spiro atoms. The van der Waals surface area contributed by atoms with Crippen LogP contribution in [0.3, 0.4) is 0 Å². The van der Waals surface area contributed by atoms with Gasteiger partial charge in [-0.2, -0.15) is 0 Å². The molecular formula is C13H7Br2Cl2F. The Morgan fingerprint density at radius 3 is 2.39 bits per heavy atom. The summed E-state index contributed by atoms with van der Waals surface area (Å²) in [7, 11) is 0. The van der Waals surface area contributed by atoms with Crippen molar-refractivity contribution < 1.29 is 4.39 Å². The second-order valence-corrected chi connectivity index (χ2v) is 6.32. The van der Waals surface area contributed by atoms with E-state index in [0.29, 0.717) is 9.50 Å². The molecule has 0 aromatic heterocycles. The monoisotopic (exact) mass is 410 g/mol. The Morgan fingerprint density at radius 1 is 1.06 bits per heavy atom. The first kappa shape index (κ1) is 14.3. The fraction of sp³-hybridized carbons (Fsp3) is 0.0769. The van der Waals surface area contributed by atoms with Crippen LogP contribution in [0.25, 0.3) is 0 Å². The molecule has 0 nitrogen and oxygen atoms in total. The third-order valence-electron chi connectivity index (χ3n) is 2.47. The Morgan fingerprint density at radius 2 is 1.78 bits per heavy atom. The third-order valence-corrected chi connectivity index (χ3v) is 4.39. The van der Waals surface area contributed by atoms with E-state index in [2.05, 4.69) is 31.9 Å². The van der Waals surface area contributed by atoms with Crippen molar-refractivity contribution in [3.05, 3.63) is 67.3 Å². The Labute approximate surface area is 131 Å². The highest BCUT2D eigenvalue weighted by molar-refractivity contribution is 9.10. The van der Waals surface area contributed by atoms with Crippen LogP contribution in [0.15, 0.2) is 45.3 Å². The van der Waals surface area contributed by atoms with Crippen LogP contribution >= 0.6 is 55.1 Å². The Kier molecular flexibility index (Phi) is 4.70. The van der Waals surface area contributed by atoms with Gasteiger partial charge >= 0.3 is 0 Å². The van der Waals surface area contributed by atoms with Gasteiger partial charge in [0.15, 0.2) is 0 Å². The number of halogens is 5. The van der Waals surface area contributed by atoms with Crippen LogP contribution in [0.1, 0.15) is 16.5 Å². The summed E-state index contributed by atoms with van der Waals surface area (Å²) >= 11 is 19.0. The van der Waals surface area contributed by atoms with Gasteiger partial charge in [0.25, 0.3) is 0 Å². The smallest absolute Gasteiger partial charge is 0.137 e. The van der Waals surface area contributed by atoms with Gasteiger partial charge in [0, 0.05) is 9.50 Å². The molecule has 0 bridgehead atoms. The topological polar surface area (TPSA) is 0 Å². The van der Waals surface area contributed by atoms with Crippen molar-refractivity contribution in [1.82, 2.24) is 0 Å². The summed E-state index contributed by atoms with van der Waals surface area (Å²) in [6.45, 7) is 0. The summed E-state index contributed by atoms with van der Waals surface area (Å²) in [6.07, 6.45) is 0. The van der Waals surface area contributed by atoms with Crippen molar-refractivity contribution in [3.8, 4) is 0 Å². The first-order chi connectivity index (χ1) is 8.49. The Bertz CT molecular complexity index is 587. The van der Waals surface area contributed by atoms with E-state index >= 15 is 0 Å². The minimum atomic E-state index is -0.414. The molecule has 0 radical (unpaired) electrons. The van der Waals surface area contributed by atoms with Crippen LogP contribution < -0.4 is 0 Å². The molecule has 1 unspecified atom stereocenters. The fourth-order valence-electron chi connectivity index (χ4n) is 1.56. The second-order valence-electron chi connectivity index (χ2n) is 3.70.